The number of aromatic nitrogens is 1. The number of amides is 1. The highest BCUT2D eigenvalue weighted by molar-refractivity contribution is 5.90. The quantitative estimate of drug-likeness (QED) is 0.591. The molecule has 196 valence electrons. The van der Waals surface area contributed by atoms with Crippen molar-refractivity contribution in [2.75, 3.05) is 31.3 Å². The summed E-state index contributed by atoms with van der Waals surface area (Å²) in [6.45, 7) is 8.15. The lowest BCUT2D eigenvalue weighted by molar-refractivity contribution is 0.0446. The van der Waals surface area contributed by atoms with Crippen LogP contribution in [0.2, 0.25) is 0 Å². The van der Waals surface area contributed by atoms with Gasteiger partial charge in [0.15, 0.2) is 5.82 Å². The molecule has 1 saturated carbocycles. The first-order valence-electron chi connectivity index (χ1n) is 12.3. The van der Waals surface area contributed by atoms with E-state index in [-0.39, 0.29) is 36.7 Å². The van der Waals surface area contributed by atoms with Crippen molar-refractivity contribution in [1.82, 2.24) is 9.72 Å². The van der Waals surface area contributed by atoms with Gasteiger partial charge in [-0.05, 0) is 77.0 Å². The summed E-state index contributed by atoms with van der Waals surface area (Å²) >= 11 is 0. The van der Waals surface area contributed by atoms with Crippen molar-refractivity contribution in [3.8, 4) is 0 Å². The van der Waals surface area contributed by atoms with Crippen molar-refractivity contribution in [1.29, 1.82) is 0 Å². The van der Waals surface area contributed by atoms with Crippen molar-refractivity contribution < 1.29 is 27.8 Å². The lowest BCUT2D eigenvalue weighted by Gasteiger charge is -2.30. The van der Waals surface area contributed by atoms with Gasteiger partial charge in [0.25, 0.3) is 5.56 Å². The van der Waals surface area contributed by atoms with Crippen molar-refractivity contribution in [3.05, 3.63) is 45.1 Å². The van der Waals surface area contributed by atoms with Gasteiger partial charge in [0.2, 0.25) is 0 Å². The molecule has 2 fully saturated rings. The van der Waals surface area contributed by atoms with Gasteiger partial charge in [0, 0.05) is 13.1 Å². The van der Waals surface area contributed by atoms with E-state index in [0.717, 1.165) is 24.6 Å². The molecule has 2 aromatic heterocycles. The van der Waals surface area contributed by atoms with Crippen molar-refractivity contribution in [2.24, 2.45) is 0 Å². The first kappa shape index (κ1) is 25.9. The number of ether oxygens (including phenoxy) is 2. The average Bonchev–Trinajstić information content (AvgIpc) is 3.54. The van der Waals surface area contributed by atoms with Gasteiger partial charge >= 0.3 is 12.1 Å². The van der Waals surface area contributed by atoms with Gasteiger partial charge in [-0.3, -0.25) is 9.20 Å². The molecule has 1 N–H and O–H groups in total. The predicted molar refractivity (Wildman–Crippen MR) is 131 cm³/mol. The zero-order valence-electron chi connectivity index (χ0n) is 21.4. The van der Waals surface area contributed by atoms with Gasteiger partial charge in [0.1, 0.15) is 17.8 Å². The maximum absolute atomic E-state index is 15.6. The zero-order chi connectivity index (χ0) is 26.4. The van der Waals surface area contributed by atoms with Gasteiger partial charge in [-0.2, -0.15) is 0 Å². The molecule has 4 rings (SSSR count). The molecule has 1 saturated heterocycles. The third-order valence-corrected chi connectivity index (χ3v) is 6.65. The van der Waals surface area contributed by atoms with Gasteiger partial charge < -0.3 is 19.7 Å². The highest BCUT2D eigenvalue weighted by Gasteiger charge is 2.42. The number of carbonyl (C=O) groups is 2. The average molecular weight is 506 g/mol. The zero-order valence-corrected chi connectivity index (χ0v) is 21.4. The number of pyridine rings is 2. The van der Waals surface area contributed by atoms with Crippen LogP contribution in [-0.4, -0.2) is 54.0 Å². The maximum atomic E-state index is 15.6. The number of alkyl carbamates (subject to hydrolysis) is 1. The van der Waals surface area contributed by atoms with Crippen LogP contribution in [0.3, 0.4) is 0 Å². The van der Waals surface area contributed by atoms with Crippen LogP contribution >= 0.6 is 0 Å². The number of aryl methyl sites for hydroxylation is 1. The Bertz CT molecular complexity index is 1270. The summed E-state index contributed by atoms with van der Waals surface area (Å²) < 4.78 is 41.3. The van der Waals surface area contributed by atoms with E-state index in [1.807, 2.05) is 0 Å². The monoisotopic (exact) mass is 505 g/mol. The summed E-state index contributed by atoms with van der Waals surface area (Å²) in [5.41, 5.74) is -0.619. The Kier molecular flexibility index (Phi) is 6.74. The van der Waals surface area contributed by atoms with E-state index < -0.39 is 41.3 Å². The number of nitrogens with one attached hydrogen (secondary N) is 1. The van der Waals surface area contributed by atoms with Crippen LogP contribution in [-0.2, 0) is 9.47 Å². The van der Waals surface area contributed by atoms with Crippen LogP contribution in [0.4, 0.5) is 19.3 Å². The Balaban J connectivity index is 1.75. The molecule has 3 heterocycles. The summed E-state index contributed by atoms with van der Waals surface area (Å²) in [6, 6.07) is 1.57. The molecule has 8 nitrogen and oxygen atoms in total. The van der Waals surface area contributed by atoms with Gasteiger partial charge in [0.05, 0.1) is 29.5 Å². The third kappa shape index (κ3) is 4.90. The standard InChI is InChI=1S/C26H33F2N3O5/c1-6-35-23(33)18-11-17(16-7-8-16)20-15(2)21(19(28)12-31(20)22(18)32)30-10-9-26(13-27,14-30)29-24(34)36-25(3,4)5/h11-12,16H,6-10,13-14H2,1-5H3,(H,29,34). The maximum Gasteiger partial charge on any atom is 0.408 e. The number of carbonyl (C=O) groups excluding carboxylic acids is 2. The number of hydrogen-bond acceptors (Lipinski definition) is 6. The molecule has 1 unspecified atom stereocenters. The highest BCUT2D eigenvalue weighted by Crippen LogP contribution is 2.44. The molecule has 1 atom stereocenters. The number of esters is 1. The molecule has 36 heavy (non-hydrogen) atoms. The Morgan fingerprint density at radius 1 is 1.28 bits per heavy atom. The molecule has 0 aromatic carbocycles. The molecular weight excluding hydrogens is 472 g/mol. The molecule has 1 aliphatic heterocycles. The van der Waals surface area contributed by atoms with Crippen LogP contribution in [0.25, 0.3) is 5.52 Å². The van der Waals surface area contributed by atoms with Crippen LogP contribution in [0, 0.1) is 12.7 Å². The topological polar surface area (TPSA) is 89.3 Å². The van der Waals surface area contributed by atoms with E-state index in [4.69, 9.17) is 9.47 Å². The Morgan fingerprint density at radius 2 is 1.97 bits per heavy atom. The van der Waals surface area contributed by atoms with E-state index >= 15 is 4.39 Å². The van der Waals surface area contributed by atoms with E-state index in [1.165, 1.54) is 4.40 Å². The van der Waals surface area contributed by atoms with Crippen molar-refractivity contribution in [2.45, 2.75) is 70.9 Å². The van der Waals surface area contributed by atoms with E-state index in [2.05, 4.69) is 5.32 Å². The number of alkyl halides is 1. The van der Waals surface area contributed by atoms with E-state index in [9.17, 15) is 18.8 Å². The highest BCUT2D eigenvalue weighted by atomic mass is 19.1. The molecule has 0 radical (unpaired) electrons. The minimum absolute atomic E-state index is 0.0422. The van der Waals surface area contributed by atoms with Crippen LogP contribution in [0.5, 0.6) is 0 Å². The number of nitrogens with zero attached hydrogens (tertiary/aromatic N) is 2. The summed E-state index contributed by atoms with van der Waals surface area (Å²) in [5, 5.41) is 2.65. The second kappa shape index (κ2) is 9.37. The van der Waals surface area contributed by atoms with Gasteiger partial charge in [-0.1, -0.05) is 0 Å². The summed E-state index contributed by atoms with van der Waals surface area (Å²) in [4.78, 5) is 39.6. The minimum Gasteiger partial charge on any atom is -0.462 e. The normalized spacial score (nSPS) is 20.0. The smallest absolute Gasteiger partial charge is 0.408 e. The Hall–Kier alpha value is -3.17. The van der Waals surface area contributed by atoms with Crippen LogP contribution in [0.15, 0.2) is 17.1 Å². The number of hydrogen-bond donors (Lipinski definition) is 1. The molecule has 0 spiro atoms. The molecule has 1 aliphatic carbocycles. The molecular formula is C26H33F2N3O5. The SMILES string of the molecule is CCOC(=O)c1cc(C2CC2)c2c(C)c(N3CCC(CF)(NC(=O)OC(C)(C)C)C3)c(F)cn2c1=O. The molecule has 1 amide bonds. The first-order chi connectivity index (χ1) is 16.9. The Morgan fingerprint density at radius 3 is 2.56 bits per heavy atom. The lowest BCUT2D eigenvalue weighted by Crippen LogP contribution is -2.53. The fraction of sp³-hybridized carbons (Fsp3) is 0.577. The summed E-state index contributed by atoms with van der Waals surface area (Å²) in [7, 11) is 0. The molecule has 2 aliphatic rings. The Labute approximate surface area is 208 Å². The summed E-state index contributed by atoms with van der Waals surface area (Å²) in [6.07, 6.45) is 2.42. The molecule has 0 bridgehead atoms. The van der Waals surface area contributed by atoms with Gasteiger partial charge in [-0.15, -0.1) is 0 Å². The minimum atomic E-state index is -1.22. The fourth-order valence-corrected chi connectivity index (χ4v) is 4.92. The van der Waals surface area contributed by atoms with Crippen molar-refractivity contribution in [3.63, 3.8) is 0 Å². The number of rotatable bonds is 6. The number of anilines is 1. The fourth-order valence-electron chi connectivity index (χ4n) is 4.92. The van der Waals surface area contributed by atoms with Crippen LogP contribution < -0.4 is 15.8 Å². The lowest BCUT2D eigenvalue weighted by atomic mass is 10.0. The van der Waals surface area contributed by atoms with E-state index in [1.54, 1.807) is 45.6 Å². The molecule has 2 aromatic rings. The summed E-state index contributed by atoms with van der Waals surface area (Å²) in [5.74, 6) is -1.25. The largest absolute Gasteiger partial charge is 0.462 e. The second-order valence-corrected chi connectivity index (χ2v) is 10.7. The third-order valence-electron chi connectivity index (χ3n) is 6.65. The second-order valence-electron chi connectivity index (χ2n) is 10.7. The predicted octanol–water partition coefficient (Wildman–Crippen LogP) is 4.24. The number of halogens is 2. The van der Waals surface area contributed by atoms with E-state index in [0.29, 0.717) is 17.6 Å². The number of fused-ring (bicyclic) bond motifs is 1. The first-order valence-corrected chi connectivity index (χ1v) is 12.3. The van der Waals surface area contributed by atoms with Gasteiger partial charge in [-0.25, -0.2) is 18.4 Å². The van der Waals surface area contributed by atoms with Crippen molar-refractivity contribution >= 4 is 23.3 Å². The molecule has 10 heteroatoms. The van der Waals surface area contributed by atoms with Crippen LogP contribution in [0.1, 0.15) is 74.4 Å².